The van der Waals surface area contributed by atoms with Gasteiger partial charge >= 0.3 is 0 Å². The van der Waals surface area contributed by atoms with Crippen LogP contribution in [0.15, 0.2) is 23.9 Å². The molecule has 5 nitrogen and oxygen atoms in total. The molecular formula is C12H9ClF2N2O3. The SMILES string of the molecule is O=C1C=C(Nc2c(Cl)ccc(F)c2F)C(=O)N1CCO. The molecule has 1 aliphatic heterocycles. The first-order valence-electron chi connectivity index (χ1n) is 5.54. The van der Waals surface area contributed by atoms with E-state index in [-0.39, 0.29) is 17.3 Å². The van der Waals surface area contributed by atoms with Crippen molar-refractivity contribution < 1.29 is 23.5 Å². The molecule has 106 valence electrons. The molecule has 0 bridgehead atoms. The largest absolute Gasteiger partial charge is 0.395 e. The molecule has 0 spiro atoms. The molecule has 1 heterocycles. The monoisotopic (exact) mass is 302 g/mol. The van der Waals surface area contributed by atoms with Gasteiger partial charge in [0.25, 0.3) is 11.8 Å². The van der Waals surface area contributed by atoms with Gasteiger partial charge in [-0.2, -0.15) is 0 Å². The van der Waals surface area contributed by atoms with Gasteiger partial charge in [-0.05, 0) is 12.1 Å². The molecule has 0 radical (unpaired) electrons. The summed E-state index contributed by atoms with van der Waals surface area (Å²) in [7, 11) is 0. The second kappa shape index (κ2) is 5.56. The van der Waals surface area contributed by atoms with Crippen LogP contribution in [0.2, 0.25) is 5.02 Å². The van der Waals surface area contributed by atoms with Crippen LogP contribution >= 0.6 is 11.6 Å². The fraction of sp³-hybridized carbons (Fsp3) is 0.167. The molecule has 2 rings (SSSR count). The van der Waals surface area contributed by atoms with Crippen LogP contribution in [0.1, 0.15) is 0 Å². The summed E-state index contributed by atoms with van der Waals surface area (Å²) in [4.78, 5) is 24.1. The maximum Gasteiger partial charge on any atom is 0.277 e. The van der Waals surface area contributed by atoms with Crippen molar-refractivity contribution in [2.24, 2.45) is 0 Å². The maximum absolute atomic E-state index is 13.6. The number of halogens is 3. The van der Waals surface area contributed by atoms with Gasteiger partial charge in [0.1, 0.15) is 5.70 Å². The van der Waals surface area contributed by atoms with E-state index in [1.807, 2.05) is 0 Å². The molecule has 0 atom stereocenters. The molecule has 8 heteroatoms. The highest BCUT2D eigenvalue weighted by molar-refractivity contribution is 6.33. The summed E-state index contributed by atoms with van der Waals surface area (Å²) >= 11 is 5.72. The number of benzene rings is 1. The van der Waals surface area contributed by atoms with Gasteiger partial charge in [0.2, 0.25) is 0 Å². The number of aliphatic hydroxyl groups is 1. The predicted octanol–water partition coefficient (Wildman–Crippen LogP) is 1.28. The number of carbonyl (C=O) groups is 2. The molecule has 2 amide bonds. The fourth-order valence-electron chi connectivity index (χ4n) is 1.69. The Labute approximate surface area is 117 Å². The number of nitrogens with zero attached hydrogens (tertiary/aromatic N) is 1. The van der Waals surface area contributed by atoms with Crippen molar-refractivity contribution in [3.63, 3.8) is 0 Å². The van der Waals surface area contributed by atoms with Crippen molar-refractivity contribution in [2.75, 3.05) is 18.5 Å². The zero-order valence-electron chi connectivity index (χ0n) is 9.99. The smallest absolute Gasteiger partial charge is 0.277 e. The number of nitrogens with one attached hydrogen (secondary N) is 1. The summed E-state index contributed by atoms with van der Waals surface area (Å²) in [5.41, 5.74) is -0.667. The minimum absolute atomic E-state index is 0.134. The number of β-amino-alcohol motifs (C(OH)–C–C–N with tert-alkyl or cyclic N) is 1. The summed E-state index contributed by atoms with van der Waals surface area (Å²) in [5, 5.41) is 10.9. The Morgan fingerprint density at radius 3 is 2.65 bits per heavy atom. The van der Waals surface area contributed by atoms with Crippen molar-refractivity contribution >= 4 is 29.1 Å². The first-order valence-corrected chi connectivity index (χ1v) is 5.92. The fourth-order valence-corrected chi connectivity index (χ4v) is 1.88. The average Bonchev–Trinajstić information content (AvgIpc) is 2.67. The molecule has 1 aromatic carbocycles. The Morgan fingerprint density at radius 1 is 1.30 bits per heavy atom. The number of amides is 2. The third-order valence-corrected chi connectivity index (χ3v) is 2.95. The summed E-state index contributed by atoms with van der Waals surface area (Å²) in [5.74, 6) is -3.79. The number of rotatable bonds is 4. The normalized spacial score (nSPS) is 14.8. The van der Waals surface area contributed by atoms with E-state index in [0.29, 0.717) is 0 Å². The Hall–Kier alpha value is -1.99. The number of aliphatic hydroxyl groups excluding tert-OH is 1. The Balaban J connectivity index is 2.28. The minimum Gasteiger partial charge on any atom is -0.395 e. The third-order valence-electron chi connectivity index (χ3n) is 2.64. The quantitative estimate of drug-likeness (QED) is 0.649. The lowest BCUT2D eigenvalue weighted by Gasteiger charge is -2.14. The van der Waals surface area contributed by atoms with E-state index in [0.717, 1.165) is 23.1 Å². The zero-order valence-corrected chi connectivity index (χ0v) is 10.7. The van der Waals surface area contributed by atoms with Gasteiger partial charge in [0.05, 0.1) is 23.9 Å². The molecule has 0 fully saturated rings. The van der Waals surface area contributed by atoms with E-state index < -0.39 is 35.7 Å². The van der Waals surface area contributed by atoms with Crippen LogP contribution in [0, 0.1) is 11.6 Å². The molecule has 0 aliphatic carbocycles. The van der Waals surface area contributed by atoms with Gasteiger partial charge in [0.15, 0.2) is 11.6 Å². The number of hydrogen-bond acceptors (Lipinski definition) is 4. The van der Waals surface area contributed by atoms with Gasteiger partial charge in [-0.25, -0.2) is 8.78 Å². The first kappa shape index (κ1) is 14.4. The number of carbonyl (C=O) groups excluding carboxylic acids is 2. The molecule has 0 saturated heterocycles. The van der Waals surface area contributed by atoms with E-state index >= 15 is 0 Å². The van der Waals surface area contributed by atoms with Crippen molar-refractivity contribution in [2.45, 2.75) is 0 Å². The molecule has 1 aliphatic rings. The van der Waals surface area contributed by atoms with Gasteiger partial charge < -0.3 is 10.4 Å². The van der Waals surface area contributed by atoms with Crippen LogP contribution in [0.5, 0.6) is 0 Å². The number of anilines is 1. The Bertz CT molecular complexity index is 619. The molecule has 0 aromatic heterocycles. The highest BCUT2D eigenvalue weighted by atomic mass is 35.5. The standard InChI is InChI=1S/C12H9ClF2N2O3/c13-6-1-2-7(14)10(15)11(6)16-8-5-9(19)17(3-4-18)12(8)20/h1-2,5,16,18H,3-4H2. The predicted molar refractivity (Wildman–Crippen MR) is 66.9 cm³/mol. The molecule has 20 heavy (non-hydrogen) atoms. The lowest BCUT2D eigenvalue weighted by atomic mass is 10.2. The van der Waals surface area contributed by atoms with Gasteiger partial charge in [-0.3, -0.25) is 14.5 Å². The average molecular weight is 303 g/mol. The Morgan fingerprint density at radius 2 is 2.00 bits per heavy atom. The van der Waals surface area contributed by atoms with Crippen molar-refractivity contribution in [3.05, 3.63) is 40.6 Å². The van der Waals surface area contributed by atoms with Crippen molar-refractivity contribution in [1.29, 1.82) is 0 Å². The van der Waals surface area contributed by atoms with Crippen LogP contribution in [-0.2, 0) is 9.59 Å². The van der Waals surface area contributed by atoms with Crippen molar-refractivity contribution in [3.8, 4) is 0 Å². The number of imide groups is 1. The van der Waals surface area contributed by atoms with Crippen LogP contribution in [0.3, 0.4) is 0 Å². The number of hydrogen-bond donors (Lipinski definition) is 2. The zero-order chi connectivity index (χ0) is 14.9. The molecule has 1 aromatic rings. The van der Waals surface area contributed by atoms with E-state index in [2.05, 4.69) is 5.32 Å². The lowest BCUT2D eigenvalue weighted by molar-refractivity contribution is -0.137. The van der Waals surface area contributed by atoms with E-state index in [9.17, 15) is 18.4 Å². The first-order chi connectivity index (χ1) is 9.45. The van der Waals surface area contributed by atoms with Crippen molar-refractivity contribution in [1.82, 2.24) is 4.90 Å². The summed E-state index contributed by atoms with van der Waals surface area (Å²) in [6.45, 7) is -0.577. The summed E-state index contributed by atoms with van der Waals surface area (Å²) < 4.78 is 26.7. The van der Waals surface area contributed by atoms with E-state index in [4.69, 9.17) is 16.7 Å². The second-order valence-electron chi connectivity index (χ2n) is 3.92. The molecular weight excluding hydrogens is 294 g/mol. The molecule has 0 saturated carbocycles. The highest BCUT2D eigenvalue weighted by Gasteiger charge is 2.31. The lowest BCUT2D eigenvalue weighted by Crippen LogP contribution is -2.34. The third kappa shape index (κ3) is 2.50. The topological polar surface area (TPSA) is 69.6 Å². The van der Waals surface area contributed by atoms with Gasteiger partial charge in [-0.15, -0.1) is 0 Å². The molecule has 2 N–H and O–H groups in total. The highest BCUT2D eigenvalue weighted by Crippen LogP contribution is 2.29. The van der Waals surface area contributed by atoms with Crippen LogP contribution in [0.25, 0.3) is 0 Å². The van der Waals surface area contributed by atoms with Crippen LogP contribution in [0.4, 0.5) is 14.5 Å². The Kier molecular flexibility index (Phi) is 4.01. The van der Waals surface area contributed by atoms with Gasteiger partial charge in [-0.1, -0.05) is 11.6 Å². The van der Waals surface area contributed by atoms with Crippen LogP contribution < -0.4 is 5.32 Å². The van der Waals surface area contributed by atoms with E-state index in [1.54, 1.807) is 0 Å². The molecule has 0 unspecified atom stereocenters. The van der Waals surface area contributed by atoms with Gasteiger partial charge in [0, 0.05) is 6.08 Å². The second-order valence-corrected chi connectivity index (χ2v) is 4.33. The van der Waals surface area contributed by atoms with Crippen LogP contribution in [-0.4, -0.2) is 35.0 Å². The summed E-state index contributed by atoms with van der Waals surface area (Å²) in [6, 6.07) is 1.96. The summed E-state index contributed by atoms with van der Waals surface area (Å²) in [6.07, 6.45) is 0.929. The maximum atomic E-state index is 13.6. The van der Waals surface area contributed by atoms with E-state index in [1.165, 1.54) is 0 Å². The minimum atomic E-state index is -1.25.